The molecule has 3 saturated heterocycles. The summed E-state index contributed by atoms with van der Waals surface area (Å²) in [4.78, 5) is 66.4. The number of carbonyl (C=O) groups excluding carboxylic acids is 3. The number of pyridine rings is 1. The van der Waals surface area contributed by atoms with Crippen molar-refractivity contribution in [2.45, 2.75) is 83.0 Å². The number of hydrogen-bond donors (Lipinski definition) is 2. The molecule has 13 nitrogen and oxygen atoms in total. The van der Waals surface area contributed by atoms with Gasteiger partial charge in [-0.15, -0.1) is 0 Å². The van der Waals surface area contributed by atoms with Gasteiger partial charge >= 0.3 is 12.0 Å². The maximum atomic E-state index is 14.5. The van der Waals surface area contributed by atoms with Gasteiger partial charge in [0.15, 0.2) is 6.73 Å². The molecular weight excluding hydrogens is 757 g/mol. The number of urea groups is 1. The minimum atomic E-state index is -0.825. The van der Waals surface area contributed by atoms with E-state index < -0.39 is 11.5 Å². The summed E-state index contributed by atoms with van der Waals surface area (Å²) < 4.78 is 7.38. The van der Waals surface area contributed by atoms with Gasteiger partial charge in [-0.1, -0.05) is 54.6 Å². The molecule has 3 fully saturated rings. The first kappa shape index (κ1) is 41.2. The van der Waals surface area contributed by atoms with Gasteiger partial charge in [-0.2, -0.15) is 5.10 Å². The van der Waals surface area contributed by atoms with Crippen LogP contribution in [0.15, 0.2) is 83.8 Å². The van der Waals surface area contributed by atoms with E-state index in [9.17, 15) is 19.2 Å². The number of nitrogens with one attached hydrogen (secondary N) is 2. The zero-order valence-electron chi connectivity index (χ0n) is 35.4. The molecule has 3 aliphatic heterocycles. The number of nitrogens with zero attached hydrogens (tertiary/aromatic N) is 6. The zero-order chi connectivity index (χ0) is 42.0. The molecule has 3 amide bonds. The normalized spacial score (nSPS) is 18.2. The molecule has 3 aliphatic rings. The molecule has 0 aliphatic carbocycles. The van der Waals surface area contributed by atoms with E-state index in [2.05, 4.69) is 27.1 Å². The molecule has 8 rings (SSSR count). The first-order valence-corrected chi connectivity index (χ1v) is 21.5. The predicted octanol–water partition coefficient (Wildman–Crippen LogP) is 5.40. The van der Waals surface area contributed by atoms with Crippen LogP contribution < -0.4 is 10.9 Å². The number of aromatic nitrogens is 3. The van der Waals surface area contributed by atoms with Crippen LogP contribution >= 0.6 is 0 Å². The number of amides is 3. The molecule has 0 spiro atoms. The molecule has 0 radical (unpaired) electrons. The van der Waals surface area contributed by atoms with Crippen LogP contribution in [0.3, 0.4) is 0 Å². The smallest absolute Gasteiger partial charge is 0.318 e. The number of aryl methyl sites for hydroxylation is 1. The van der Waals surface area contributed by atoms with E-state index in [0.717, 1.165) is 83.1 Å². The van der Waals surface area contributed by atoms with Crippen molar-refractivity contribution in [3.63, 3.8) is 0 Å². The summed E-state index contributed by atoms with van der Waals surface area (Å²) in [6, 6.07) is 22.9. The van der Waals surface area contributed by atoms with Crippen LogP contribution in [-0.2, 0) is 32.9 Å². The monoisotopic (exact) mass is 814 g/mol. The molecule has 0 unspecified atom stereocenters. The van der Waals surface area contributed by atoms with Gasteiger partial charge in [-0.05, 0) is 113 Å². The van der Waals surface area contributed by atoms with Crippen molar-refractivity contribution >= 4 is 39.7 Å². The number of aromatic amines is 1. The van der Waals surface area contributed by atoms with E-state index in [4.69, 9.17) is 9.84 Å². The summed E-state index contributed by atoms with van der Waals surface area (Å²) in [6.45, 7) is 11.7. The van der Waals surface area contributed by atoms with E-state index in [1.54, 1.807) is 9.58 Å². The number of ether oxygens (including phenoxy) is 1. The Balaban J connectivity index is 0.960. The minimum Gasteiger partial charge on any atom is -0.442 e. The minimum absolute atomic E-state index is 0.0365. The molecule has 2 N–H and O–H groups in total. The highest BCUT2D eigenvalue weighted by atomic mass is 16.5. The van der Waals surface area contributed by atoms with Gasteiger partial charge < -0.3 is 29.7 Å². The molecule has 13 heteroatoms. The third-order valence-electron chi connectivity index (χ3n) is 13.1. The van der Waals surface area contributed by atoms with Crippen molar-refractivity contribution < 1.29 is 19.1 Å². The topological polar surface area (TPSA) is 136 Å². The van der Waals surface area contributed by atoms with Gasteiger partial charge in [0.05, 0.1) is 10.9 Å². The summed E-state index contributed by atoms with van der Waals surface area (Å²) in [5.41, 5.74) is 4.14. The van der Waals surface area contributed by atoms with Crippen molar-refractivity contribution in [3.8, 4) is 0 Å². The molecule has 2 aromatic heterocycles. The summed E-state index contributed by atoms with van der Waals surface area (Å²) in [6.07, 6.45) is 5.77. The maximum Gasteiger partial charge on any atom is 0.318 e. The standard InChI is InChI=1S/C47H58N8O5/c1-32-26-33(27-36-30-55(50-42(32)36)31-60-45(58)47(2,3)37-11-6-5-7-12-37)28-41(44(57)53-24-22-52(23-25-53)38-16-18-51(4)19-17-38)49-46(59)54-20-14-34(15-21-54)39-29-35-10-8-9-13-40(35)48-43(39)56/h5-13,26-27,29-30,34,38,41H,14-25,28,31H2,1-4H3,(H,48,56)(H,49,59)/t41-/m1/s1. The van der Waals surface area contributed by atoms with Gasteiger partial charge in [0.1, 0.15) is 6.04 Å². The van der Waals surface area contributed by atoms with Crippen LogP contribution in [0.5, 0.6) is 0 Å². The van der Waals surface area contributed by atoms with Crippen molar-refractivity contribution in [1.29, 1.82) is 0 Å². The number of benzene rings is 3. The van der Waals surface area contributed by atoms with Crippen molar-refractivity contribution in [2.75, 3.05) is 59.4 Å². The number of esters is 1. The Hall–Kier alpha value is -5.53. The number of hydrogen-bond acceptors (Lipinski definition) is 8. The maximum absolute atomic E-state index is 14.5. The van der Waals surface area contributed by atoms with Crippen LogP contribution in [0.1, 0.15) is 67.7 Å². The number of fused-ring (bicyclic) bond motifs is 2. The number of para-hydroxylation sites is 1. The third-order valence-corrected chi connectivity index (χ3v) is 13.1. The molecule has 316 valence electrons. The van der Waals surface area contributed by atoms with Gasteiger partial charge in [0, 0.05) is 74.4 Å². The lowest BCUT2D eigenvalue weighted by atomic mass is 9.85. The molecule has 1 atom stereocenters. The Morgan fingerprint density at radius 3 is 2.28 bits per heavy atom. The summed E-state index contributed by atoms with van der Waals surface area (Å²) >= 11 is 0. The molecule has 5 heterocycles. The third kappa shape index (κ3) is 8.97. The molecule has 3 aromatic carbocycles. The molecule has 0 bridgehead atoms. The fourth-order valence-electron chi connectivity index (χ4n) is 9.32. The van der Waals surface area contributed by atoms with E-state index >= 15 is 0 Å². The summed E-state index contributed by atoms with van der Waals surface area (Å²) in [7, 11) is 2.17. The van der Waals surface area contributed by atoms with Crippen molar-refractivity contribution in [1.82, 2.24) is 39.7 Å². The number of carbonyl (C=O) groups is 3. The first-order valence-electron chi connectivity index (χ1n) is 21.5. The number of piperidine rings is 2. The molecule has 60 heavy (non-hydrogen) atoms. The number of rotatable bonds is 10. The highest BCUT2D eigenvalue weighted by molar-refractivity contribution is 5.88. The van der Waals surface area contributed by atoms with Crippen LogP contribution in [0.4, 0.5) is 4.79 Å². The second-order valence-corrected chi connectivity index (χ2v) is 17.6. The van der Waals surface area contributed by atoms with Crippen LogP contribution in [0.25, 0.3) is 21.8 Å². The highest BCUT2D eigenvalue weighted by Gasteiger charge is 2.35. The van der Waals surface area contributed by atoms with E-state index in [0.29, 0.717) is 51.5 Å². The molecular formula is C47H58N8O5. The quantitative estimate of drug-likeness (QED) is 0.179. The molecule has 5 aromatic rings. The fourth-order valence-corrected chi connectivity index (χ4v) is 9.32. The summed E-state index contributed by atoms with van der Waals surface area (Å²) in [5, 5.41) is 9.75. The van der Waals surface area contributed by atoms with Gasteiger partial charge in [-0.25, -0.2) is 9.48 Å². The molecule has 0 saturated carbocycles. The predicted molar refractivity (Wildman–Crippen MR) is 233 cm³/mol. The lowest BCUT2D eigenvalue weighted by molar-refractivity contribution is -0.153. The van der Waals surface area contributed by atoms with Crippen molar-refractivity contribution in [2.24, 2.45) is 0 Å². The van der Waals surface area contributed by atoms with E-state index in [1.165, 1.54) is 0 Å². The fraction of sp³-hybridized carbons (Fsp3) is 0.468. The Morgan fingerprint density at radius 1 is 0.850 bits per heavy atom. The van der Waals surface area contributed by atoms with E-state index in [-0.39, 0.29) is 36.1 Å². The largest absolute Gasteiger partial charge is 0.442 e. The highest BCUT2D eigenvalue weighted by Crippen LogP contribution is 2.29. The summed E-state index contributed by atoms with van der Waals surface area (Å²) in [5.74, 6) is -0.387. The SMILES string of the molecule is Cc1cc(C[C@@H](NC(=O)N2CCC(c3cc4ccccc4[nH]c3=O)CC2)C(=O)N2CCN(C3CCN(C)CC3)CC2)cc2cn(COC(=O)C(C)(C)c3ccccc3)nc12. The Morgan fingerprint density at radius 2 is 1.55 bits per heavy atom. The lowest BCUT2D eigenvalue weighted by Crippen LogP contribution is -2.59. The van der Waals surface area contributed by atoms with Crippen LogP contribution in [-0.4, -0.2) is 124 Å². The first-order chi connectivity index (χ1) is 28.9. The Kier molecular flexibility index (Phi) is 12.1. The average molecular weight is 815 g/mol. The van der Waals surface area contributed by atoms with Crippen LogP contribution in [0.2, 0.25) is 0 Å². The van der Waals surface area contributed by atoms with Crippen LogP contribution in [0, 0.1) is 6.92 Å². The number of H-pyrrole nitrogens is 1. The second kappa shape index (κ2) is 17.6. The van der Waals surface area contributed by atoms with E-state index in [1.807, 2.05) is 105 Å². The van der Waals surface area contributed by atoms with Gasteiger partial charge in [0.2, 0.25) is 5.91 Å². The Bertz CT molecular complexity index is 2390. The second-order valence-electron chi connectivity index (χ2n) is 17.6. The number of likely N-dealkylation sites (tertiary alicyclic amines) is 2. The Labute approximate surface area is 351 Å². The average Bonchev–Trinajstić information content (AvgIpc) is 3.69. The number of piperazine rings is 1. The van der Waals surface area contributed by atoms with Gasteiger partial charge in [0.25, 0.3) is 5.56 Å². The zero-order valence-corrected chi connectivity index (χ0v) is 35.4. The van der Waals surface area contributed by atoms with Crippen molar-refractivity contribution in [3.05, 3.63) is 112 Å². The lowest BCUT2D eigenvalue weighted by Gasteiger charge is -2.43. The van der Waals surface area contributed by atoms with Gasteiger partial charge in [-0.3, -0.25) is 19.3 Å².